The number of aryl methyl sites for hydroxylation is 1. The Labute approximate surface area is 179 Å². The van der Waals surface area contributed by atoms with Crippen LogP contribution in [0.2, 0.25) is 10.0 Å². The Hall–Kier alpha value is -2.54. The average Bonchev–Trinajstić information content (AvgIpc) is 2.69. The van der Waals surface area contributed by atoms with Crippen LogP contribution in [0.3, 0.4) is 0 Å². The normalized spacial score (nSPS) is 11.1. The zero-order valence-corrected chi connectivity index (χ0v) is 17.8. The second kappa shape index (κ2) is 8.86. The molecule has 29 heavy (non-hydrogen) atoms. The van der Waals surface area contributed by atoms with Crippen molar-refractivity contribution in [2.24, 2.45) is 0 Å². The Kier molecular flexibility index (Phi) is 6.47. The van der Waals surface area contributed by atoms with Crippen LogP contribution in [0, 0.1) is 6.92 Å². The predicted molar refractivity (Wildman–Crippen MR) is 117 cm³/mol. The van der Waals surface area contributed by atoms with Gasteiger partial charge in [0.05, 0.1) is 10.6 Å². The van der Waals surface area contributed by atoms with Crippen LogP contribution in [-0.2, 0) is 14.8 Å². The summed E-state index contributed by atoms with van der Waals surface area (Å²) in [5.41, 5.74) is 1.72. The highest BCUT2D eigenvalue weighted by Gasteiger charge is 2.27. The topological polar surface area (TPSA) is 66.5 Å². The van der Waals surface area contributed by atoms with Gasteiger partial charge in [0.1, 0.15) is 6.54 Å². The van der Waals surface area contributed by atoms with E-state index >= 15 is 0 Å². The van der Waals surface area contributed by atoms with Gasteiger partial charge in [-0.3, -0.25) is 9.10 Å². The summed E-state index contributed by atoms with van der Waals surface area (Å²) in [6.07, 6.45) is 0. The maximum Gasteiger partial charge on any atom is 0.264 e. The SMILES string of the molecule is Cc1cc(Cl)ccc1NC(=O)CN(c1ccccc1)S(=O)(=O)c1ccc(Cl)cc1. The molecular formula is C21H18Cl2N2O3S. The lowest BCUT2D eigenvalue weighted by atomic mass is 10.2. The molecule has 0 atom stereocenters. The molecule has 1 N–H and O–H groups in total. The van der Waals surface area contributed by atoms with E-state index in [-0.39, 0.29) is 4.90 Å². The number of anilines is 2. The van der Waals surface area contributed by atoms with Gasteiger partial charge in [0, 0.05) is 15.7 Å². The summed E-state index contributed by atoms with van der Waals surface area (Å²) in [4.78, 5) is 12.7. The summed E-state index contributed by atoms with van der Waals surface area (Å²) in [5.74, 6) is -0.475. The van der Waals surface area contributed by atoms with Crippen molar-refractivity contribution in [1.29, 1.82) is 0 Å². The fraction of sp³-hybridized carbons (Fsp3) is 0.0952. The standard InChI is InChI=1S/C21H18Cl2N2O3S/c1-15-13-17(23)9-12-20(15)24-21(26)14-25(18-5-3-2-4-6-18)29(27,28)19-10-7-16(22)8-11-19/h2-13H,14H2,1H3,(H,24,26). The Morgan fingerprint density at radius 3 is 2.17 bits per heavy atom. The van der Waals surface area contributed by atoms with Crippen LogP contribution >= 0.6 is 23.2 Å². The fourth-order valence-corrected chi connectivity index (χ4v) is 4.50. The van der Waals surface area contributed by atoms with E-state index in [1.54, 1.807) is 55.5 Å². The minimum atomic E-state index is -3.98. The van der Waals surface area contributed by atoms with E-state index in [4.69, 9.17) is 23.2 Å². The zero-order chi connectivity index (χ0) is 21.0. The van der Waals surface area contributed by atoms with Crippen molar-refractivity contribution < 1.29 is 13.2 Å². The first-order valence-electron chi connectivity index (χ1n) is 8.67. The molecule has 0 aliphatic rings. The molecule has 0 radical (unpaired) electrons. The molecule has 0 fully saturated rings. The predicted octanol–water partition coefficient (Wildman–Crippen LogP) is 5.14. The molecule has 5 nitrogen and oxygen atoms in total. The van der Waals surface area contributed by atoms with Crippen molar-refractivity contribution >= 4 is 50.5 Å². The van der Waals surface area contributed by atoms with Gasteiger partial charge in [-0.05, 0) is 67.1 Å². The number of benzene rings is 3. The summed E-state index contributed by atoms with van der Waals surface area (Å²) < 4.78 is 27.5. The highest BCUT2D eigenvalue weighted by molar-refractivity contribution is 7.92. The number of carbonyl (C=O) groups excluding carboxylic acids is 1. The number of carbonyl (C=O) groups is 1. The number of amides is 1. The van der Waals surface area contributed by atoms with Crippen LogP contribution in [0.5, 0.6) is 0 Å². The van der Waals surface area contributed by atoms with Crippen molar-refractivity contribution in [3.8, 4) is 0 Å². The van der Waals surface area contributed by atoms with Gasteiger partial charge < -0.3 is 5.32 Å². The van der Waals surface area contributed by atoms with Gasteiger partial charge in [-0.15, -0.1) is 0 Å². The van der Waals surface area contributed by atoms with E-state index in [1.807, 2.05) is 0 Å². The molecule has 0 aliphatic heterocycles. The third kappa shape index (κ3) is 5.09. The second-order valence-corrected chi connectivity index (χ2v) is 9.04. The lowest BCUT2D eigenvalue weighted by Crippen LogP contribution is -2.38. The molecular weight excluding hydrogens is 431 g/mol. The van der Waals surface area contributed by atoms with Crippen LogP contribution in [0.25, 0.3) is 0 Å². The molecule has 0 saturated heterocycles. The van der Waals surface area contributed by atoms with Crippen LogP contribution in [0.4, 0.5) is 11.4 Å². The Bertz CT molecular complexity index is 1120. The van der Waals surface area contributed by atoms with Crippen molar-refractivity contribution in [3.05, 3.63) is 88.4 Å². The molecule has 3 aromatic rings. The van der Waals surface area contributed by atoms with Crippen molar-refractivity contribution in [2.75, 3.05) is 16.2 Å². The van der Waals surface area contributed by atoms with Gasteiger partial charge in [0.15, 0.2) is 0 Å². The molecule has 1 amide bonds. The molecule has 0 unspecified atom stereocenters. The summed E-state index contributed by atoms with van der Waals surface area (Å²) in [6.45, 7) is 1.41. The number of halogens is 2. The van der Waals surface area contributed by atoms with Crippen LogP contribution in [0.15, 0.2) is 77.7 Å². The minimum Gasteiger partial charge on any atom is -0.324 e. The molecule has 3 aromatic carbocycles. The second-order valence-electron chi connectivity index (χ2n) is 6.31. The molecule has 0 heterocycles. The monoisotopic (exact) mass is 448 g/mol. The maximum atomic E-state index is 13.2. The molecule has 8 heteroatoms. The summed E-state index contributed by atoms with van der Waals surface area (Å²) >= 11 is 11.8. The Balaban J connectivity index is 1.92. The number of hydrogen-bond acceptors (Lipinski definition) is 3. The van der Waals surface area contributed by atoms with E-state index < -0.39 is 22.5 Å². The summed E-state index contributed by atoms with van der Waals surface area (Å²) in [6, 6.07) is 19.3. The van der Waals surface area contributed by atoms with E-state index in [0.29, 0.717) is 21.4 Å². The van der Waals surface area contributed by atoms with Crippen LogP contribution in [0.1, 0.15) is 5.56 Å². The average molecular weight is 449 g/mol. The minimum absolute atomic E-state index is 0.0428. The first-order valence-corrected chi connectivity index (χ1v) is 10.9. The molecule has 3 rings (SSSR count). The van der Waals surface area contributed by atoms with Gasteiger partial charge in [-0.2, -0.15) is 0 Å². The van der Waals surface area contributed by atoms with Gasteiger partial charge in [-0.1, -0.05) is 41.4 Å². The molecule has 0 aliphatic carbocycles. The maximum absolute atomic E-state index is 13.2. The first kappa shape index (κ1) is 21.2. The Morgan fingerprint density at radius 2 is 1.55 bits per heavy atom. The van der Waals surface area contributed by atoms with Gasteiger partial charge >= 0.3 is 0 Å². The van der Waals surface area contributed by atoms with Gasteiger partial charge in [0.25, 0.3) is 10.0 Å². The van der Waals surface area contributed by atoms with E-state index in [2.05, 4.69) is 5.32 Å². The fourth-order valence-electron chi connectivity index (χ4n) is 2.73. The van der Waals surface area contributed by atoms with Crippen LogP contribution in [-0.4, -0.2) is 20.9 Å². The first-order chi connectivity index (χ1) is 13.8. The smallest absolute Gasteiger partial charge is 0.264 e. The lowest BCUT2D eigenvalue weighted by molar-refractivity contribution is -0.114. The number of sulfonamides is 1. The van der Waals surface area contributed by atoms with Crippen molar-refractivity contribution in [2.45, 2.75) is 11.8 Å². The molecule has 0 saturated carbocycles. The number of hydrogen-bond donors (Lipinski definition) is 1. The zero-order valence-electron chi connectivity index (χ0n) is 15.5. The molecule has 150 valence electrons. The molecule has 0 aromatic heterocycles. The highest BCUT2D eigenvalue weighted by Crippen LogP contribution is 2.25. The number of nitrogens with zero attached hydrogens (tertiary/aromatic N) is 1. The summed E-state index contributed by atoms with van der Waals surface area (Å²) in [5, 5.41) is 3.72. The summed E-state index contributed by atoms with van der Waals surface area (Å²) in [7, 11) is -3.98. The van der Waals surface area contributed by atoms with Gasteiger partial charge in [-0.25, -0.2) is 8.42 Å². The lowest BCUT2D eigenvalue weighted by Gasteiger charge is -2.24. The molecule has 0 spiro atoms. The Morgan fingerprint density at radius 1 is 0.931 bits per heavy atom. The number of para-hydroxylation sites is 1. The van der Waals surface area contributed by atoms with Crippen molar-refractivity contribution in [1.82, 2.24) is 0 Å². The largest absolute Gasteiger partial charge is 0.324 e. The number of nitrogens with one attached hydrogen (secondary N) is 1. The van der Waals surface area contributed by atoms with Gasteiger partial charge in [0.2, 0.25) is 5.91 Å². The van der Waals surface area contributed by atoms with Crippen molar-refractivity contribution in [3.63, 3.8) is 0 Å². The number of rotatable bonds is 6. The van der Waals surface area contributed by atoms with Crippen LogP contribution < -0.4 is 9.62 Å². The highest BCUT2D eigenvalue weighted by atomic mass is 35.5. The third-order valence-corrected chi connectivity index (χ3v) is 6.47. The van der Waals surface area contributed by atoms with E-state index in [1.165, 1.54) is 24.3 Å². The molecule has 0 bridgehead atoms. The van der Waals surface area contributed by atoms with E-state index in [9.17, 15) is 13.2 Å². The quantitative estimate of drug-likeness (QED) is 0.567. The van der Waals surface area contributed by atoms with E-state index in [0.717, 1.165) is 9.87 Å². The third-order valence-electron chi connectivity index (χ3n) is 4.20.